The lowest BCUT2D eigenvalue weighted by Gasteiger charge is -2.27. The van der Waals surface area contributed by atoms with Gasteiger partial charge in [-0.15, -0.1) is 0 Å². The first-order valence-corrected chi connectivity index (χ1v) is 15.3. The van der Waals surface area contributed by atoms with Crippen molar-refractivity contribution in [2.75, 3.05) is 4.90 Å². The summed E-state index contributed by atoms with van der Waals surface area (Å²) in [7, 11) is 0. The van der Waals surface area contributed by atoms with Crippen LogP contribution in [0.2, 0.25) is 0 Å². The van der Waals surface area contributed by atoms with Crippen LogP contribution in [0.4, 0.5) is 17.1 Å². The summed E-state index contributed by atoms with van der Waals surface area (Å²) in [6.45, 7) is 0. The smallest absolute Gasteiger partial charge is 0.0464 e. The van der Waals surface area contributed by atoms with Gasteiger partial charge in [-0.05, 0) is 113 Å². The lowest BCUT2D eigenvalue weighted by atomic mass is 9.91. The van der Waals surface area contributed by atoms with E-state index < -0.39 is 0 Å². The minimum Gasteiger partial charge on any atom is -0.310 e. The average molecular weight is 554 g/mol. The molecule has 0 spiro atoms. The summed E-state index contributed by atoms with van der Waals surface area (Å²) in [6, 6.07) is 56.9. The molecule has 0 fully saturated rings. The second-order valence-electron chi connectivity index (χ2n) is 11.3. The number of anilines is 3. The number of benzene rings is 6. The first-order valence-electron chi connectivity index (χ1n) is 15.3. The molecular formula is C42H35N. The number of hydrogen-bond acceptors (Lipinski definition) is 1. The highest BCUT2D eigenvalue weighted by atomic mass is 15.1. The van der Waals surface area contributed by atoms with E-state index in [2.05, 4.69) is 169 Å². The van der Waals surface area contributed by atoms with E-state index in [9.17, 15) is 0 Å². The van der Waals surface area contributed by atoms with Crippen molar-refractivity contribution in [2.24, 2.45) is 0 Å². The van der Waals surface area contributed by atoms with Crippen LogP contribution in [0.1, 0.15) is 40.7 Å². The zero-order chi connectivity index (χ0) is 28.8. The van der Waals surface area contributed by atoms with E-state index in [0.717, 1.165) is 5.69 Å². The Morgan fingerprint density at radius 3 is 1.67 bits per heavy atom. The molecule has 0 atom stereocenters. The van der Waals surface area contributed by atoms with Crippen molar-refractivity contribution in [1.82, 2.24) is 0 Å². The first-order chi connectivity index (χ1) is 21.3. The predicted octanol–water partition coefficient (Wildman–Crippen LogP) is 11.3. The van der Waals surface area contributed by atoms with Gasteiger partial charge in [0, 0.05) is 17.1 Å². The Labute approximate surface area is 255 Å². The summed E-state index contributed by atoms with van der Waals surface area (Å²) < 4.78 is 0. The van der Waals surface area contributed by atoms with Crippen molar-refractivity contribution < 1.29 is 0 Å². The number of para-hydroxylation sites is 1. The normalized spacial score (nSPS) is 12.9. The van der Waals surface area contributed by atoms with Gasteiger partial charge in [0.2, 0.25) is 0 Å². The van der Waals surface area contributed by atoms with Gasteiger partial charge < -0.3 is 4.90 Å². The van der Waals surface area contributed by atoms with Crippen molar-refractivity contribution in [3.8, 4) is 11.1 Å². The Kier molecular flexibility index (Phi) is 7.70. The first kappa shape index (κ1) is 26.7. The van der Waals surface area contributed by atoms with Crippen molar-refractivity contribution in [1.29, 1.82) is 0 Å². The molecule has 43 heavy (non-hydrogen) atoms. The van der Waals surface area contributed by atoms with Crippen LogP contribution in [0.15, 0.2) is 158 Å². The summed E-state index contributed by atoms with van der Waals surface area (Å²) in [4.78, 5) is 2.38. The summed E-state index contributed by atoms with van der Waals surface area (Å²) >= 11 is 0. The van der Waals surface area contributed by atoms with E-state index in [1.54, 1.807) is 0 Å². The second-order valence-corrected chi connectivity index (χ2v) is 11.3. The van der Waals surface area contributed by atoms with E-state index in [4.69, 9.17) is 0 Å². The van der Waals surface area contributed by atoms with E-state index in [1.807, 2.05) is 0 Å². The predicted molar refractivity (Wildman–Crippen MR) is 183 cm³/mol. The number of aryl methyl sites for hydroxylation is 2. The molecule has 0 amide bonds. The molecule has 0 saturated carbocycles. The van der Waals surface area contributed by atoms with Gasteiger partial charge in [0.1, 0.15) is 0 Å². The third kappa shape index (κ3) is 5.94. The fourth-order valence-electron chi connectivity index (χ4n) is 6.19. The minimum atomic E-state index is 1.16. The number of rotatable bonds is 7. The highest BCUT2D eigenvalue weighted by Crippen LogP contribution is 2.37. The van der Waals surface area contributed by atoms with Crippen LogP contribution in [0.25, 0.3) is 22.8 Å². The molecule has 0 saturated heterocycles. The SMILES string of the molecule is C(=C(c1ccccc1)c1ccc(-c2ccccc2)cc1)c1ccc(N(c2ccccc2)c2ccc3c(c2)CCCC3)cc1. The standard InChI is InChI=1S/C42H35N/c1-4-12-33(13-5-1)35-22-24-37(25-23-35)42(36-15-6-2-7-16-36)30-32-20-27-40(28-21-32)43(39-18-8-3-9-19-39)41-29-26-34-14-10-11-17-38(34)31-41/h1-9,12-13,15-16,18-31H,10-11,14,17H2. The van der Waals surface area contributed by atoms with Gasteiger partial charge in [0.15, 0.2) is 0 Å². The molecule has 1 aliphatic rings. The van der Waals surface area contributed by atoms with Crippen LogP contribution in [-0.2, 0) is 12.8 Å². The molecule has 6 aromatic carbocycles. The van der Waals surface area contributed by atoms with Crippen LogP contribution in [0.5, 0.6) is 0 Å². The van der Waals surface area contributed by atoms with Gasteiger partial charge in [0.25, 0.3) is 0 Å². The maximum atomic E-state index is 2.40. The molecule has 0 unspecified atom stereocenters. The summed E-state index contributed by atoms with van der Waals surface area (Å²) in [5.74, 6) is 0. The molecule has 0 radical (unpaired) electrons. The Bertz CT molecular complexity index is 1820. The van der Waals surface area contributed by atoms with Crippen LogP contribution >= 0.6 is 0 Å². The maximum absolute atomic E-state index is 2.40. The highest BCUT2D eigenvalue weighted by Gasteiger charge is 2.16. The van der Waals surface area contributed by atoms with E-state index in [-0.39, 0.29) is 0 Å². The van der Waals surface area contributed by atoms with Crippen LogP contribution in [0, 0.1) is 0 Å². The molecular weight excluding hydrogens is 518 g/mol. The Balaban J connectivity index is 1.25. The van der Waals surface area contributed by atoms with E-state index in [1.165, 1.54) is 81.6 Å². The Morgan fingerprint density at radius 1 is 0.442 bits per heavy atom. The largest absolute Gasteiger partial charge is 0.310 e. The van der Waals surface area contributed by atoms with Gasteiger partial charge in [0.05, 0.1) is 0 Å². The van der Waals surface area contributed by atoms with Gasteiger partial charge in [-0.3, -0.25) is 0 Å². The lowest BCUT2D eigenvalue weighted by Crippen LogP contribution is -2.11. The molecule has 1 heteroatoms. The molecule has 0 heterocycles. The summed E-state index contributed by atoms with van der Waals surface area (Å²) in [6.07, 6.45) is 7.25. The number of fused-ring (bicyclic) bond motifs is 1. The van der Waals surface area contributed by atoms with Crippen molar-refractivity contribution >= 4 is 28.7 Å². The van der Waals surface area contributed by atoms with Gasteiger partial charge >= 0.3 is 0 Å². The maximum Gasteiger partial charge on any atom is 0.0464 e. The van der Waals surface area contributed by atoms with Crippen molar-refractivity contribution in [3.63, 3.8) is 0 Å². The third-order valence-electron chi connectivity index (χ3n) is 8.45. The molecule has 0 aromatic heterocycles. The minimum absolute atomic E-state index is 1.16. The van der Waals surface area contributed by atoms with Crippen molar-refractivity contribution in [3.05, 3.63) is 186 Å². The molecule has 1 aliphatic carbocycles. The average Bonchev–Trinajstić information content (AvgIpc) is 3.09. The third-order valence-corrected chi connectivity index (χ3v) is 8.45. The molecule has 0 aliphatic heterocycles. The molecule has 1 nitrogen and oxygen atoms in total. The van der Waals surface area contributed by atoms with Crippen LogP contribution < -0.4 is 4.90 Å². The molecule has 6 aromatic rings. The van der Waals surface area contributed by atoms with E-state index >= 15 is 0 Å². The number of nitrogens with zero attached hydrogens (tertiary/aromatic N) is 1. The highest BCUT2D eigenvalue weighted by molar-refractivity contribution is 5.92. The summed E-state index contributed by atoms with van der Waals surface area (Å²) in [5, 5.41) is 0. The molecule has 208 valence electrons. The van der Waals surface area contributed by atoms with Crippen LogP contribution in [0.3, 0.4) is 0 Å². The van der Waals surface area contributed by atoms with Crippen molar-refractivity contribution in [2.45, 2.75) is 25.7 Å². The Hall–Kier alpha value is -5.14. The monoisotopic (exact) mass is 553 g/mol. The summed E-state index contributed by atoms with van der Waals surface area (Å²) in [5.41, 5.74) is 13.8. The molecule has 7 rings (SSSR count). The van der Waals surface area contributed by atoms with Gasteiger partial charge in [-0.2, -0.15) is 0 Å². The molecule has 0 bridgehead atoms. The van der Waals surface area contributed by atoms with E-state index in [0.29, 0.717) is 0 Å². The zero-order valence-electron chi connectivity index (χ0n) is 24.4. The fraction of sp³-hybridized carbons (Fsp3) is 0.0952. The number of hydrogen-bond donors (Lipinski definition) is 0. The van der Waals surface area contributed by atoms with Gasteiger partial charge in [-0.25, -0.2) is 0 Å². The van der Waals surface area contributed by atoms with Crippen LogP contribution in [-0.4, -0.2) is 0 Å². The van der Waals surface area contributed by atoms with Gasteiger partial charge in [-0.1, -0.05) is 121 Å². The second kappa shape index (κ2) is 12.4. The molecule has 0 N–H and O–H groups in total. The lowest BCUT2D eigenvalue weighted by molar-refractivity contribution is 0.685. The fourth-order valence-corrected chi connectivity index (χ4v) is 6.19. The topological polar surface area (TPSA) is 3.24 Å². The zero-order valence-corrected chi connectivity index (χ0v) is 24.4. The quantitative estimate of drug-likeness (QED) is 0.178. The Morgan fingerprint density at radius 2 is 0.977 bits per heavy atom.